The summed E-state index contributed by atoms with van der Waals surface area (Å²) in [6.07, 6.45) is 0. The third-order valence-corrected chi connectivity index (χ3v) is 5.94. The maximum Gasteiger partial charge on any atom is 0.276 e. The monoisotopic (exact) mass is 397 g/mol. The van der Waals surface area contributed by atoms with Crippen molar-refractivity contribution in [2.24, 2.45) is 12.1 Å². The van der Waals surface area contributed by atoms with E-state index in [1.54, 1.807) is 4.57 Å². The van der Waals surface area contributed by atoms with Crippen molar-refractivity contribution in [3.8, 4) is 0 Å². The van der Waals surface area contributed by atoms with Crippen molar-refractivity contribution in [2.45, 2.75) is 11.8 Å². The molecule has 26 heavy (non-hydrogen) atoms. The molecule has 142 valence electrons. The predicted octanol–water partition coefficient (Wildman–Crippen LogP) is 2.31. The molecule has 1 amide bonds. The maximum absolute atomic E-state index is 12.5. The largest absolute Gasteiger partial charge is 0.397 e. The molecule has 10 heteroatoms. The molecule has 1 aromatic heterocycles. The number of nitrogen functional groups attached to an aromatic ring is 1. The Kier molecular flexibility index (Phi) is 4.70. The number of rotatable bonds is 4. The van der Waals surface area contributed by atoms with Gasteiger partial charge in [0.1, 0.15) is 0 Å². The van der Waals surface area contributed by atoms with E-state index in [0.717, 1.165) is 10.2 Å². The molecule has 0 fully saturated rings. The van der Waals surface area contributed by atoms with Crippen LogP contribution in [0.4, 0.5) is 11.4 Å². The fourth-order valence-corrected chi connectivity index (χ4v) is 4.23. The second kappa shape index (κ2) is 6.81. The molecule has 1 heterocycles. The van der Waals surface area contributed by atoms with Gasteiger partial charge in [-0.1, -0.05) is 23.5 Å². The van der Waals surface area contributed by atoms with Crippen molar-refractivity contribution in [2.75, 3.05) is 11.1 Å². The SMILES string of the molecule is CC(=O)Nc1ccc(S(=O)(=O)N/N=c2\sc3ccccc3n2C)cc1N.[HH].[HH].[HH]. The molecule has 0 aliphatic heterocycles. The minimum atomic E-state index is -3.90. The Morgan fingerprint density at radius 3 is 2.65 bits per heavy atom. The van der Waals surface area contributed by atoms with Crippen molar-refractivity contribution in [3.63, 3.8) is 0 Å². The maximum atomic E-state index is 12.5. The summed E-state index contributed by atoms with van der Waals surface area (Å²) in [4.78, 5) is 13.8. The Labute approximate surface area is 158 Å². The fraction of sp³-hybridized carbons (Fsp3) is 0.125. The van der Waals surface area contributed by atoms with Gasteiger partial charge in [-0.3, -0.25) is 4.79 Å². The predicted molar refractivity (Wildman–Crippen MR) is 108 cm³/mol. The van der Waals surface area contributed by atoms with E-state index in [1.165, 1.54) is 36.5 Å². The lowest BCUT2D eigenvalue weighted by molar-refractivity contribution is -0.114. The molecule has 3 rings (SSSR count). The second-order valence-corrected chi connectivity index (χ2v) is 8.22. The van der Waals surface area contributed by atoms with E-state index in [-0.39, 0.29) is 20.8 Å². The summed E-state index contributed by atoms with van der Waals surface area (Å²) < 4.78 is 27.7. The third kappa shape index (κ3) is 3.55. The van der Waals surface area contributed by atoms with Crippen LogP contribution < -0.4 is 20.7 Å². The van der Waals surface area contributed by atoms with Crippen molar-refractivity contribution >= 4 is 48.9 Å². The van der Waals surface area contributed by atoms with E-state index < -0.39 is 10.0 Å². The zero-order chi connectivity index (χ0) is 18.9. The molecular weight excluding hydrogens is 374 g/mol. The number of hydrogen-bond donors (Lipinski definition) is 3. The van der Waals surface area contributed by atoms with E-state index in [0.29, 0.717) is 10.5 Å². The number of benzene rings is 2. The van der Waals surface area contributed by atoms with Crippen molar-refractivity contribution in [1.29, 1.82) is 0 Å². The molecule has 4 N–H and O–H groups in total. The first kappa shape index (κ1) is 18.0. The van der Waals surface area contributed by atoms with Gasteiger partial charge in [-0.2, -0.15) is 13.2 Å². The number of nitrogens with one attached hydrogen (secondary N) is 2. The molecule has 0 saturated heterocycles. The number of nitrogens with two attached hydrogens (primary N) is 1. The molecule has 0 atom stereocenters. The Balaban J connectivity index is 0.00000261. The summed E-state index contributed by atoms with van der Waals surface area (Å²) in [5.74, 6) is -0.294. The minimum Gasteiger partial charge on any atom is -0.397 e. The molecule has 8 nitrogen and oxygen atoms in total. The van der Waals surface area contributed by atoms with Crippen LogP contribution >= 0.6 is 11.3 Å². The zero-order valence-electron chi connectivity index (χ0n) is 14.1. The molecule has 0 unspecified atom stereocenters. The normalized spacial score (nSPS) is 12.3. The molecule has 0 spiro atoms. The van der Waals surface area contributed by atoms with Crippen molar-refractivity contribution in [1.82, 2.24) is 9.40 Å². The molecule has 0 aliphatic rings. The Bertz CT molecular complexity index is 1180. The highest BCUT2D eigenvalue weighted by Crippen LogP contribution is 2.22. The van der Waals surface area contributed by atoms with Gasteiger partial charge in [-0.05, 0) is 30.3 Å². The number of carbonyl (C=O) groups excluding carboxylic acids is 1. The lowest BCUT2D eigenvalue weighted by Crippen LogP contribution is -2.23. The third-order valence-electron chi connectivity index (χ3n) is 3.62. The summed E-state index contributed by atoms with van der Waals surface area (Å²) in [6, 6.07) is 11.7. The average Bonchev–Trinajstić information content (AvgIpc) is 2.91. The van der Waals surface area contributed by atoms with Crippen LogP contribution in [-0.4, -0.2) is 18.9 Å². The number of anilines is 2. The summed E-state index contributed by atoms with van der Waals surface area (Å²) in [6.45, 7) is 1.34. The van der Waals surface area contributed by atoms with Gasteiger partial charge in [0.05, 0.1) is 26.5 Å². The van der Waals surface area contributed by atoms with Gasteiger partial charge >= 0.3 is 0 Å². The minimum absolute atomic E-state index is 0. The van der Waals surface area contributed by atoms with E-state index >= 15 is 0 Å². The first-order valence-electron chi connectivity index (χ1n) is 7.55. The molecule has 3 aromatic rings. The van der Waals surface area contributed by atoms with Gasteiger partial charge in [0.2, 0.25) is 10.7 Å². The summed E-state index contributed by atoms with van der Waals surface area (Å²) in [5, 5.41) is 6.55. The molecule has 0 aliphatic carbocycles. The molecular formula is C16H23N5O3S2. The number of aromatic nitrogens is 1. The van der Waals surface area contributed by atoms with Crippen LogP contribution in [0.25, 0.3) is 10.2 Å². The lowest BCUT2D eigenvalue weighted by Gasteiger charge is -2.09. The zero-order valence-corrected chi connectivity index (χ0v) is 15.7. The van der Waals surface area contributed by atoms with Crippen LogP contribution in [0.5, 0.6) is 0 Å². The van der Waals surface area contributed by atoms with E-state index in [1.807, 2.05) is 31.3 Å². The topological polar surface area (TPSA) is 119 Å². The van der Waals surface area contributed by atoms with Crippen molar-refractivity contribution in [3.05, 3.63) is 47.3 Å². The molecule has 0 saturated carbocycles. The number of sulfonamides is 1. The van der Waals surface area contributed by atoms with Gasteiger partial charge in [0, 0.05) is 18.3 Å². The second-order valence-electron chi connectivity index (χ2n) is 5.55. The number of hydrogen-bond acceptors (Lipinski definition) is 6. The first-order valence-corrected chi connectivity index (χ1v) is 9.85. The van der Waals surface area contributed by atoms with Gasteiger partial charge in [-0.25, -0.2) is 0 Å². The number of amides is 1. The van der Waals surface area contributed by atoms with Crippen LogP contribution in [0.15, 0.2) is 52.5 Å². The van der Waals surface area contributed by atoms with Crippen LogP contribution in [0.2, 0.25) is 0 Å². The van der Waals surface area contributed by atoms with E-state index in [2.05, 4.69) is 15.2 Å². The Morgan fingerprint density at radius 2 is 2.00 bits per heavy atom. The fourth-order valence-electron chi connectivity index (χ4n) is 2.35. The van der Waals surface area contributed by atoms with E-state index in [9.17, 15) is 13.2 Å². The van der Waals surface area contributed by atoms with Crippen molar-refractivity contribution < 1.29 is 17.5 Å². The summed E-state index contributed by atoms with van der Waals surface area (Å²) in [7, 11) is -2.08. The van der Waals surface area contributed by atoms with Gasteiger partial charge in [0.25, 0.3) is 10.0 Å². The highest BCUT2D eigenvalue weighted by Gasteiger charge is 2.15. The Hall–Kier alpha value is -2.85. The van der Waals surface area contributed by atoms with Gasteiger partial charge in [0.15, 0.2) is 0 Å². The molecule has 0 radical (unpaired) electrons. The number of carbonyl (C=O) groups is 1. The Morgan fingerprint density at radius 1 is 1.27 bits per heavy atom. The highest BCUT2D eigenvalue weighted by atomic mass is 32.2. The molecule has 2 aromatic carbocycles. The van der Waals surface area contributed by atoms with Crippen LogP contribution in [-0.2, 0) is 21.9 Å². The van der Waals surface area contributed by atoms with Crippen LogP contribution in [0.1, 0.15) is 11.2 Å². The van der Waals surface area contributed by atoms with Gasteiger partial charge in [-0.15, -0.1) is 5.10 Å². The van der Waals surface area contributed by atoms with Gasteiger partial charge < -0.3 is 15.6 Å². The quantitative estimate of drug-likeness (QED) is 0.462. The smallest absolute Gasteiger partial charge is 0.276 e. The number of nitrogens with zero attached hydrogens (tertiary/aromatic N) is 2. The first-order chi connectivity index (χ1) is 12.3. The summed E-state index contributed by atoms with van der Waals surface area (Å²) >= 11 is 1.37. The van der Waals surface area contributed by atoms with E-state index in [4.69, 9.17) is 5.73 Å². The highest BCUT2D eigenvalue weighted by molar-refractivity contribution is 7.89. The van der Waals surface area contributed by atoms with Crippen LogP contribution in [0.3, 0.4) is 0 Å². The number of thiazole rings is 1. The van der Waals surface area contributed by atoms with Crippen LogP contribution in [0, 0.1) is 0 Å². The summed E-state index contributed by atoms with van der Waals surface area (Å²) in [5.41, 5.74) is 7.27. The standard InChI is InChI=1S/C16H17N5O3S2.3H2/c1-10(22)18-13-8-7-11(9-12(13)17)26(23,24)20-19-16-21(2)14-5-3-4-6-15(14)25-16;;;/h3-9,20H,17H2,1-2H3,(H,18,22);3*1H/b19-16-;;;. The lowest BCUT2D eigenvalue weighted by atomic mass is 10.2. The number of para-hydroxylation sites is 1. The number of fused-ring (bicyclic) bond motifs is 1. The number of aryl methyl sites for hydroxylation is 1. The average molecular weight is 398 g/mol. The molecule has 0 bridgehead atoms.